The van der Waals surface area contributed by atoms with Gasteiger partial charge in [0.05, 0.1) is 12.0 Å². The van der Waals surface area contributed by atoms with Gasteiger partial charge in [0, 0.05) is 6.07 Å². The molecule has 0 fully saturated rings. The van der Waals surface area contributed by atoms with E-state index in [-0.39, 0.29) is 22.5 Å². The van der Waals surface area contributed by atoms with Crippen LogP contribution in [-0.4, -0.2) is 12.0 Å². The maximum Gasteiger partial charge on any atom is 0.286 e. The van der Waals surface area contributed by atoms with E-state index in [9.17, 15) is 14.5 Å². The van der Waals surface area contributed by atoms with Crippen molar-refractivity contribution in [3.8, 4) is 11.5 Å². The molecular weight excluding hydrogens is 345 g/mol. The molecule has 0 aromatic heterocycles. The Hall–Kier alpha value is -2.15. The second-order valence-electron chi connectivity index (χ2n) is 4.10. The molecule has 21 heavy (non-hydrogen) atoms. The number of rotatable bonds is 5. The first-order valence-corrected chi connectivity index (χ1v) is 6.70. The van der Waals surface area contributed by atoms with E-state index in [1.807, 2.05) is 0 Å². The molecule has 2 aromatic carbocycles. The second kappa shape index (κ2) is 6.53. The van der Waals surface area contributed by atoms with E-state index in [4.69, 9.17) is 9.47 Å². The highest BCUT2D eigenvalue weighted by Crippen LogP contribution is 2.33. The zero-order chi connectivity index (χ0) is 15.4. The molecule has 0 atom stereocenters. The fourth-order valence-corrected chi connectivity index (χ4v) is 2.13. The quantitative estimate of drug-likeness (QED) is 0.598. The highest BCUT2D eigenvalue weighted by Gasteiger charge is 2.19. The Kier molecular flexibility index (Phi) is 4.74. The smallest absolute Gasteiger partial charge is 0.286 e. The minimum Gasteiger partial charge on any atom is -0.497 e. The van der Waals surface area contributed by atoms with Gasteiger partial charge in [0.1, 0.15) is 16.8 Å². The SMILES string of the molecule is COc1ccc(COc2ccc([N+](=O)[O-])c(Br)c2F)cc1. The Bertz CT molecular complexity index is 661. The molecule has 0 saturated carbocycles. The summed E-state index contributed by atoms with van der Waals surface area (Å²) < 4.78 is 24.1. The monoisotopic (exact) mass is 355 g/mol. The molecule has 0 amide bonds. The van der Waals surface area contributed by atoms with Gasteiger partial charge >= 0.3 is 0 Å². The van der Waals surface area contributed by atoms with E-state index in [0.29, 0.717) is 5.75 Å². The van der Waals surface area contributed by atoms with Crippen molar-refractivity contribution in [2.45, 2.75) is 6.61 Å². The van der Waals surface area contributed by atoms with Crippen LogP contribution < -0.4 is 9.47 Å². The Balaban J connectivity index is 2.12. The van der Waals surface area contributed by atoms with Crippen LogP contribution >= 0.6 is 15.9 Å². The van der Waals surface area contributed by atoms with Gasteiger partial charge in [0.15, 0.2) is 11.6 Å². The summed E-state index contributed by atoms with van der Waals surface area (Å²) in [6, 6.07) is 9.54. The van der Waals surface area contributed by atoms with E-state index in [1.165, 1.54) is 12.1 Å². The van der Waals surface area contributed by atoms with Crippen LogP contribution in [0.25, 0.3) is 0 Å². The number of ether oxygens (including phenoxy) is 2. The minimum absolute atomic E-state index is 0.0525. The van der Waals surface area contributed by atoms with E-state index in [2.05, 4.69) is 15.9 Å². The summed E-state index contributed by atoms with van der Waals surface area (Å²) in [5.74, 6) is -0.135. The molecule has 0 saturated heterocycles. The summed E-state index contributed by atoms with van der Waals surface area (Å²) in [5, 5.41) is 10.7. The number of methoxy groups -OCH3 is 1. The summed E-state index contributed by atoms with van der Waals surface area (Å²) in [6.45, 7) is 0.144. The molecule has 0 unspecified atom stereocenters. The number of nitrogens with zero attached hydrogens (tertiary/aromatic N) is 1. The van der Waals surface area contributed by atoms with Crippen LogP contribution in [0.2, 0.25) is 0 Å². The van der Waals surface area contributed by atoms with Crippen molar-refractivity contribution in [1.82, 2.24) is 0 Å². The Labute approximate surface area is 128 Å². The third kappa shape index (κ3) is 3.49. The summed E-state index contributed by atoms with van der Waals surface area (Å²) in [7, 11) is 1.56. The van der Waals surface area contributed by atoms with Crippen LogP contribution in [0.5, 0.6) is 11.5 Å². The summed E-state index contributed by atoms with van der Waals surface area (Å²) in [5.41, 5.74) is 0.481. The predicted molar refractivity (Wildman–Crippen MR) is 78.1 cm³/mol. The number of nitro benzene ring substituents is 1. The average molecular weight is 356 g/mol. The highest BCUT2D eigenvalue weighted by molar-refractivity contribution is 9.10. The maximum atomic E-state index is 13.9. The summed E-state index contributed by atoms with van der Waals surface area (Å²) in [4.78, 5) is 10.0. The van der Waals surface area contributed by atoms with Crippen LogP contribution in [0, 0.1) is 15.9 Å². The number of nitro groups is 1. The largest absolute Gasteiger partial charge is 0.497 e. The fraction of sp³-hybridized carbons (Fsp3) is 0.143. The number of hydrogen-bond acceptors (Lipinski definition) is 4. The first-order chi connectivity index (χ1) is 10.0. The molecule has 0 aliphatic rings. The normalized spacial score (nSPS) is 10.2. The third-order valence-electron chi connectivity index (χ3n) is 2.78. The molecule has 2 rings (SSSR count). The number of halogens is 2. The van der Waals surface area contributed by atoms with E-state index in [1.54, 1.807) is 31.4 Å². The van der Waals surface area contributed by atoms with Crippen molar-refractivity contribution in [2.75, 3.05) is 7.11 Å². The third-order valence-corrected chi connectivity index (χ3v) is 3.53. The standard InChI is InChI=1S/C14H11BrFNO4/c1-20-10-4-2-9(3-5-10)8-21-12-7-6-11(17(18)19)13(15)14(12)16/h2-7H,8H2,1H3. The van der Waals surface area contributed by atoms with Gasteiger partial charge < -0.3 is 9.47 Å². The highest BCUT2D eigenvalue weighted by atomic mass is 79.9. The van der Waals surface area contributed by atoms with Gasteiger partial charge in [-0.3, -0.25) is 10.1 Å². The van der Waals surface area contributed by atoms with Gasteiger partial charge in [-0.05, 0) is 39.7 Å². The van der Waals surface area contributed by atoms with Gasteiger partial charge in [0.2, 0.25) is 0 Å². The molecule has 0 N–H and O–H groups in total. The molecule has 0 spiro atoms. The van der Waals surface area contributed by atoms with Crippen LogP contribution in [0.1, 0.15) is 5.56 Å². The molecule has 0 heterocycles. The van der Waals surface area contributed by atoms with Crippen molar-refractivity contribution in [2.24, 2.45) is 0 Å². The Morgan fingerprint density at radius 3 is 2.48 bits per heavy atom. The van der Waals surface area contributed by atoms with Gasteiger partial charge in [0.25, 0.3) is 5.69 Å². The van der Waals surface area contributed by atoms with Crippen molar-refractivity contribution < 1.29 is 18.8 Å². The van der Waals surface area contributed by atoms with Crippen molar-refractivity contribution in [3.63, 3.8) is 0 Å². The van der Waals surface area contributed by atoms with Crippen LogP contribution in [0.3, 0.4) is 0 Å². The first kappa shape index (κ1) is 15.2. The lowest BCUT2D eigenvalue weighted by Gasteiger charge is -2.09. The maximum absolute atomic E-state index is 13.9. The predicted octanol–water partition coefficient (Wildman–Crippen LogP) is 4.08. The molecule has 7 heteroatoms. The van der Waals surface area contributed by atoms with Gasteiger partial charge in [-0.2, -0.15) is 0 Å². The lowest BCUT2D eigenvalue weighted by atomic mass is 10.2. The van der Waals surface area contributed by atoms with Crippen molar-refractivity contribution in [1.29, 1.82) is 0 Å². The van der Waals surface area contributed by atoms with E-state index >= 15 is 0 Å². The summed E-state index contributed by atoms with van der Waals surface area (Å²) >= 11 is 2.86. The lowest BCUT2D eigenvalue weighted by Crippen LogP contribution is -1.99. The van der Waals surface area contributed by atoms with Crippen LogP contribution in [0.4, 0.5) is 10.1 Å². The van der Waals surface area contributed by atoms with E-state index in [0.717, 1.165) is 5.56 Å². The molecular formula is C14H11BrFNO4. The average Bonchev–Trinajstić information content (AvgIpc) is 2.49. The zero-order valence-corrected chi connectivity index (χ0v) is 12.6. The molecule has 110 valence electrons. The lowest BCUT2D eigenvalue weighted by molar-refractivity contribution is -0.385. The van der Waals surface area contributed by atoms with Crippen molar-refractivity contribution in [3.05, 3.63) is 62.4 Å². The van der Waals surface area contributed by atoms with Crippen LogP contribution in [0.15, 0.2) is 40.9 Å². The molecule has 5 nitrogen and oxygen atoms in total. The fourth-order valence-electron chi connectivity index (χ4n) is 1.66. The van der Waals surface area contributed by atoms with Gasteiger partial charge in [-0.15, -0.1) is 0 Å². The van der Waals surface area contributed by atoms with Crippen LogP contribution in [-0.2, 0) is 6.61 Å². The molecule has 0 aliphatic heterocycles. The molecule has 0 bridgehead atoms. The minimum atomic E-state index is -0.794. The van der Waals surface area contributed by atoms with Crippen molar-refractivity contribution >= 4 is 21.6 Å². The molecule has 2 aromatic rings. The first-order valence-electron chi connectivity index (χ1n) is 5.91. The molecule has 0 aliphatic carbocycles. The number of benzene rings is 2. The Morgan fingerprint density at radius 2 is 1.90 bits per heavy atom. The van der Waals surface area contributed by atoms with Gasteiger partial charge in [-0.25, -0.2) is 4.39 Å². The van der Waals surface area contributed by atoms with Gasteiger partial charge in [-0.1, -0.05) is 12.1 Å². The summed E-state index contributed by atoms with van der Waals surface area (Å²) in [6.07, 6.45) is 0. The number of hydrogen-bond donors (Lipinski definition) is 0. The zero-order valence-electron chi connectivity index (χ0n) is 11.0. The van der Waals surface area contributed by atoms with E-state index < -0.39 is 10.7 Å². The second-order valence-corrected chi connectivity index (χ2v) is 4.90. The Morgan fingerprint density at radius 1 is 1.24 bits per heavy atom. The molecule has 0 radical (unpaired) electrons. The topological polar surface area (TPSA) is 61.6 Å².